The molecule has 23 heavy (non-hydrogen) atoms. The number of hydrogen-bond acceptors (Lipinski definition) is 3. The van der Waals surface area contributed by atoms with Gasteiger partial charge in [-0.3, -0.25) is 9.59 Å². The van der Waals surface area contributed by atoms with E-state index in [2.05, 4.69) is 5.32 Å². The number of amides is 1. The minimum atomic E-state index is -0.170. The fraction of sp³-hybridized carbons (Fsp3) is 0.263. The molecular formula is C19H21NO3. The first kappa shape index (κ1) is 16.7. The van der Waals surface area contributed by atoms with Crippen molar-refractivity contribution in [1.82, 2.24) is 0 Å². The summed E-state index contributed by atoms with van der Waals surface area (Å²) in [6, 6.07) is 16.2. The molecule has 0 aliphatic rings. The van der Waals surface area contributed by atoms with Gasteiger partial charge in [0.05, 0.1) is 6.61 Å². The molecule has 2 rings (SSSR count). The third kappa shape index (κ3) is 5.58. The molecule has 4 heteroatoms. The van der Waals surface area contributed by atoms with E-state index in [9.17, 15) is 9.59 Å². The maximum Gasteiger partial charge on any atom is 0.224 e. The van der Waals surface area contributed by atoms with Crippen LogP contribution < -0.4 is 10.1 Å². The maximum atomic E-state index is 12.0. The van der Waals surface area contributed by atoms with Crippen LogP contribution in [0.3, 0.4) is 0 Å². The van der Waals surface area contributed by atoms with Gasteiger partial charge in [-0.15, -0.1) is 0 Å². The molecule has 4 nitrogen and oxygen atoms in total. The number of carbonyl (C=O) groups excluding carboxylic acids is 2. The maximum absolute atomic E-state index is 12.0. The van der Waals surface area contributed by atoms with Crippen molar-refractivity contribution in [3.8, 4) is 5.75 Å². The predicted octanol–water partition coefficient (Wildman–Crippen LogP) is 4.08. The van der Waals surface area contributed by atoms with Crippen molar-refractivity contribution >= 4 is 17.4 Å². The molecule has 0 fully saturated rings. The molecule has 0 unspecified atom stereocenters. The minimum Gasteiger partial charge on any atom is -0.494 e. The van der Waals surface area contributed by atoms with Crippen LogP contribution in [0.25, 0.3) is 0 Å². The molecule has 120 valence electrons. The van der Waals surface area contributed by atoms with Crippen LogP contribution in [0, 0.1) is 0 Å². The van der Waals surface area contributed by atoms with Crippen molar-refractivity contribution < 1.29 is 14.3 Å². The highest BCUT2D eigenvalue weighted by molar-refractivity contribution is 5.99. The SMILES string of the molecule is CCCOc1ccc(NC(=O)CCC(=O)c2ccccc2)cc1. The number of Topliss-reactive ketones (excluding diaryl/α,β-unsaturated/α-hetero) is 1. The zero-order valence-electron chi connectivity index (χ0n) is 13.2. The van der Waals surface area contributed by atoms with E-state index in [0.717, 1.165) is 12.2 Å². The van der Waals surface area contributed by atoms with E-state index < -0.39 is 0 Å². The lowest BCUT2D eigenvalue weighted by Crippen LogP contribution is -2.13. The zero-order valence-corrected chi connectivity index (χ0v) is 13.2. The van der Waals surface area contributed by atoms with Crippen LogP contribution in [-0.2, 0) is 4.79 Å². The van der Waals surface area contributed by atoms with Gasteiger partial charge in [-0.2, -0.15) is 0 Å². The molecule has 2 aromatic rings. The molecule has 0 aliphatic heterocycles. The summed E-state index contributed by atoms with van der Waals surface area (Å²) in [5, 5.41) is 2.79. The Hall–Kier alpha value is -2.62. The van der Waals surface area contributed by atoms with Gasteiger partial charge in [0.1, 0.15) is 5.75 Å². The van der Waals surface area contributed by atoms with Crippen LogP contribution in [0.2, 0.25) is 0 Å². The Labute approximate surface area is 136 Å². The summed E-state index contributed by atoms with van der Waals surface area (Å²) >= 11 is 0. The van der Waals surface area contributed by atoms with Gasteiger partial charge in [0, 0.05) is 24.1 Å². The summed E-state index contributed by atoms with van der Waals surface area (Å²) < 4.78 is 5.49. The lowest BCUT2D eigenvalue weighted by atomic mass is 10.1. The summed E-state index contributed by atoms with van der Waals surface area (Å²) in [6.07, 6.45) is 1.32. The average molecular weight is 311 g/mol. The first-order valence-electron chi connectivity index (χ1n) is 7.80. The minimum absolute atomic E-state index is 0.0240. The second-order valence-electron chi connectivity index (χ2n) is 5.21. The third-order valence-electron chi connectivity index (χ3n) is 3.29. The normalized spacial score (nSPS) is 10.1. The molecule has 2 aromatic carbocycles. The third-order valence-corrected chi connectivity index (χ3v) is 3.29. The molecule has 0 atom stereocenters. The molecule has 0 saturated heterocycles. The number of ether oxygens (including phenoxy) is 1. The van der Waals surface area contributed by atoms with Crippen LogP contribution in [0.5, 0.6) is 5.75 Å². The molecule has 0 heterocycles. The fourth-order valence-corrected chi connectivity index (χ4v) is 2.07. The number of rotatable bonds is 8. The first-order valence-corrected chi connectivity index (χ1v) is 7.80. The van der Waals surface area contributed by atoms with Gasteiger partial charge in [-0.1, -0.05) is 37.3 Å². The smallest absolute Gasteiger partial charge is 0.224 e. The van der Waals surface area contributed by atoms with Gasteiger partial charge in [0.15, 0.2) is 5.78 Å². The molecule has 1 N–H and O–H groups in total. The van der Waals surface area contributed by atoms with E-state index in [-0.39, 0.29) is 24.5 Å². The molecule has 0 saturated carbocycles. The fourth-order valence-electron chi connectivity index (χ4n) is 2.07. The van der Waals surface area contributed by atoms with Crippen molar-refractivity contribution in [2.45, 2.75) is 26.2 Å². The number of ketones is 1. The standard InChI is InChI=1S/C19H21NO3/c1-2-14-23-17-10-8-16(9-11-17)20-19(22)13-12-18(21)15-6-4-3-5-7-15/h3-11H,2,12-14H2,1H3,(H,20,22). The van der Waals surface area contributed by atoms with Gasteiger partial charge in [-0.25, -0.2) is 0 Å². The molecule has 1 amide bonds. The monoisotopic (exact) mass is 311 g/mol. The Morgan fingerprint density at radius 2 is 1.65 bits per heavy atom. The summed E-state index contributed by atoms with van der Waals surface area (Å²) in [6.45, 7) is 2.72. The highest BCUT2D eigenvalue weighted by atomic mass is 16.5. The van der Waals surface area contributed by atoms with Crippen molar-refractivity contribution in [1.29, 1.82) is 0 Å². The summed E-state index contributed by atoms with van der Waals surface area (Å²) in [5.41, 5.74) is 1.34. The quantitative estimate of drug-likeness (QED) is 0.747. The van der Waals surface area contributed by atoms with E-state index in [1.165, 1.54) is 0 Å². The Morgan fingerprint density at radius 3 is 2.30 bits per heavy atom. The van der Waals surface area contributed by atoms with Gasteiger partial charge in [0.2, 0.25) is 5.91 Å². The van der Waals surface area contributed by atoms with Crippen LogP contribution >= 0.6 is 0 Å². The van der Waals surface area contributed by atoms with Gasteiger partial charge in [0.25, 0.3) is 0 Å². The highest BCUT2D eigenvalue weighted by Crippen LogP contribution is 2.16. The van der Waals surface area contributed by atoms with Gasteiger partial charge < -0.3 is 10.1 Å². The number of benzene rings is 2. The lowest BCUT2D eigenvalue weighted by Gasteiger charge is -2.07. The molecule has 0 spiro atoms. The highest BCUT2D eigenvalue weighted by Gasteiger charge is 2.09. The largest absolute Gasteiger partial charge is 0.494 e. The lowest BCUT2D eigenvalue weighted by molar-refractivity contribution is -0.116. The molecule has 0 aromatic heterocycles. The van der Waals surface area contributed by atoms with Crippen molar-refractivity contribution in [2.75, 3.05) is 11.9 Å². The number of anilines is 1. The molecule has 0 aliphatic carbocycles. The van der Waals surface area contributed by atoms with Crippen LogP contribution in [0.4, 0.5) is 5.69 Å². The first-order chi connectivity index (χ1) is 11.2. The van der Waals surface area contributed by atoms with Crippen molar-refractivity contribution in [2.24, 2.45) is 0 Å². The van der Waals surface area contributed by atoms with Crippen molar-refractivity contribution in [3.63, 3.8) is 0 Å². The van der Waals surface area contributed by atoms with Crippen LogP contribution in [0.15, 0.2) is 54.6 Å². The second kappa shape index (κ2) is 8.73. The Morgan fingerprint density at radius 1 is 0.957 bits per heavy atom. The molecule has 0 bridgehead atoms. The van der Waals surface area contributed by atoms with E-state index in [1.54, 1.807) is 24.3 Å². The number of carbonyl (C=O) groups is 2. The number of hydrogen-bond donors (Lipinski definition) is 1. The summed E-state index contributed by atoms with van der Waals surface area (Å²) in [4.78, 5) is 23.9. The van der Waals surface area contributed by atoms with E-state index >= 15 is 0 Å². The Bertz CT molecular complexity index is 635. The van der Waals surface area contributed by atoms with E-state index in [0.29, 0.717) is 17.9 Å². The van der Waals surface area contributed by atoms with E-state index in [4.69, 9.17) is 4.74 Å². The molecular weight excluding hydrogens is 290 g/mol. The average Bonchev–Trinajstić information content (AvgIpc) is 2.60. The van der Waals surface area contributed by atoms with Crippen LogP contribution in [-0.4, -0.2) is 18.3 Å². The van der Waals surface area contributed by atoms with Crippen LogP contribution in [0.1, 0.15) is 36.5 Å². The second-order valence-corrected chi connectivity index (χ2v) is 5.21. The number of nitrogens with one attached hydrogen (secondary N) is 1. The topological polar surface area (TPSA) is 55.4 Å². The van der Waals surface area contributed by atoms with E-state index in [1.807, 2.05) is 37.3 Å². The Balaban J connectivity index is 1.79. The zero-order chi connectivity index (χ0) is 16.5. The van der Waals surface area contributed by atoms with Gasteiger partial charge in [-0.05, 0) is 30.7 Å². The van der Waals surface area contributed by atoms with Crippen molar-refractivity contribution in [3.05, 3.63) is 60.2 Å². The molecule has 0 radical (unpaired) electrons. The Kier molecular flexibility index (Phi) is 6.36. The summed E-state index contributed by atoms with van der Waals surface area (Å²) in [7, 11) is 0. The predicted molar refractivity (Wildman–Crippen MR) is 90.9 cm³/mol. The van der Waals surface area contributed by atoms with Gasteiger partial charge >= 0.3 is 0 Å². The summed E-state index contributed by atoms with van der Waals surface area (Å²) in [5.74, 6) is 0.588.